The van der Waals surface area contributed by atoms with Gasteiger partial charge in [-0.1, -0.05) is 12.1 Å². The molecule has 0 bridgehead atoms. The predicted molar refractivity (Wildman–Crippen MR) is 85.2 cm³/mol. The molecule has 0 fully saturated rings. The number of hydrazone groups is 1. The number of rotatable bonds is 4. The van der Waals surface area contributed by atoms with Crippen LogP contribution in [0.4, 0.5) is 5.69 Å². The van der Waals surface area contributed by atoms with E-state index in [1.807, 2.05) is 13.0 Å². The normalized spacial score (nSPS) is 17.3. The molecule has 116 valence electrons. The Morgan fingerprint density at radius 3 is 2.61 bits per heavy atom. The van der Waals surface area contributed by atoms with Gasteiger partial charge >= 0.3 is 5.97 Å². The second-order valence-electron chi connectivity index (χ2n) is 5.34. The zero-order valence-electron chi connectivity index (χ0n) is 12.5. The monoisotopic (exact) mass is 309 g/mol. The van der Waals surface area contributed by atoms with Gasteiger partial charge in [0, 0.05) is 18.0 Å². The molecule has 1 N–H and O–H groups in total. The minimum atomic E-state index is -0.888. The highest BCUT2D eigenvalue weighted by molar-refractivity contribution is 6.21. The first kappa shape index (κ1) is 14.9. The molecule has 1 aromatic heterocycles. The van der Waals surface area contributed by atoms with Gasteiger partial charge in [-0.25, -0.2) is 0 Å². The summed E-state index contributed by atoms with van der Waals surface area (Å²) >= 11 is 0. The molecule has 1 aliphatic heterocycles. The lowest BCUT2D eigenvalue weighted by Crippen LogP contribution is -2.25. The molecule has 0 radical (unpaired) electrons. The minimum Gasteiger partial charge on any atom is -0.481 e. The van der Waals surface area contributed by atoms with E-state index in [0.29, 0.717) is 17.0 Å². The molecule has 6 heteroatoms. The molecule has 0 aliphatic carbocycles. The molecular formula is C17H15N3O3. The lowest BCUT2D eigenvalue weighted by atomic mass is 10.0. The zero-order valence-corrected chi connectivity index (χ0v) is 12.5. The number of nitrogens with zero attached hydrogens (tertiary/aromatic N) is 3. The van der Waals surface area contributed by atoms with Crippen LogP contribution in [0.1, 0.15) is 18.1 Å². The highest BCUT2D eigenvalue weighted by Crippen LogP contribution is 2.26. The van der Waals surface area contributed by atoms with E-state index in [0.717, 1.165) is 5.56 Å². The Kier molecular flexibility index (Phi) is 3.89. The lowest BCUT2D eigenvalue weighted by Gasteiger charge is -2.12. The van der Waals surface area contributed by atoms with Crippen LogP contribution < -0.4 is 5.01 Å². The van der Waals surface area contributed by atoms with Crippen molar-refractivity contribution in [2.45, 2.75) is 13.3 Å². The van der Waals surface area contributed by atoms with Gasteiger partial charge in [0.2, 0.25) is 0 Å². The Hall–Kier alpha value is -3.02. The maximum Gasteiger partial charge on any atom is 0.307 e. The average molecular weight is 309 g/mol. The molecule has 6 nitrogen and oxygen atoms in total. The van der Waals surface area contributed by atoms with E-state index in [1.54, 1.807) is 42.7 Å². The van der Waals surface area contributed by atoms with Gasteiger partial charge in [-0.3, -0.25) is 14.6 Å². The van der Waals surface area contributed by atoms with Crippen LogP contribution in [0.2, 0.25) is 0 Å². The van der Waals surface area contributed by atoms with Gasteiger partial charge in [0.15, 0.2) is 0 Å². The standard InChI is InChI=1S/C17H15N3O3/c1-11-16(13-3-2-8-18-10-13)19-20(17(11)23)14-6-4-12(5-7-14)9-15(21)22/h2-8,10-11H,9H2,1H3,(H,21,22). The van der Waals surface area contributed by atoms with Crippen molar-refractivity contribution >= 4 is 23.3 Å². The number of aromatic nitrogens is 1. The van der Waals surface area contributed by atoms with Crippen molar-refractivity contribution in [3.8, 4) is 0 Å². The molecule has 23 heavy (non-hydrogen) atoms. The van der Waals surface area contributed by atoms with E-state index in [1.165, 1.54) is 5.01 Å². The number of amides is 1. The Morgan fingerprint density at radius 1 is 1.26 bits per heavy atom. The van der Waals surface area contributed by atoms with Crippen molar-refractivity contribution in [3.63, 3.8) is 0 Å². The topological polar surface area (TPSA) is 82.9 Å². The van der Waals surface area contributed by atoms with Crippen molar-refractivity contribution in [2.24, 2.45) is 11.0 Å². The molecule has 0 saturated carbocycles. The summed E-state index contributed by atoms with van der Waals surface area (Å²) in [5.41, 5.74) is 2.79. The smallest absolute Gasteiger partial charge is 0.307 e. The molecule has 2 heterocycles. The number of hydrogen-bond acceptors (Lipinski definition) is 4. The van der Waals surface area contributed by atoms with E-state index < -0.39 is 5.97 Å². The number of aliphatic carboxylic acids is 1. The molecule has 0 spiro atoms. The maximum absolute atomic E-state index is 12.4. The SMILES string of the molecule is CC1C(=O)N(c2ccc(CC(=O)O)cc2)N=C1c1cccnc1. The third kappa shape index (κ3) is 2.96. The third-order valence-electron chi connectivity index (χ3n) is 3.69. The summed E-state index contributed by atoms with van der Waals surface area (Å²) in [7, 11) is 0. The fourth-order valence-corrected chi connectivity index (χ4v) is 2.48. The fraction of sp³-hybridized carbons (Fsp3) is 0.176. The van der Waals surface area contributed by atoms with Gasteiger partial charge in [-0.15, -0.1) is 0 Å². The van der Waals surface area contributed by atoms with Crippen LogP contribution in [-0.4, -0.2) is 27.7 Å². The number of pyridine rings is 1. The van der Waals surface area contributed by atoms with E-state index in [9.17, 15) is 9.59 Å². The second-order valence-corrected chi connectivity index (χ2v) is 5.34. The summed E-state index contributed by atoms with van der Waals surface area (Å²) in [6, 6.07) is 10.5. The number of carbonyl (C=O) groups is 2. The molecule has 1 amide bonds. The first-order valence-electron chi connectivity index (χ1n) is 7.20. The van der Waals surface area contributed by atoms with Crippen LogP contribution >= 0.6 is 0 Å². The number of benzene rings is 1. The fourth-order valence-electron chi connectivity index (χ4n) is 2.48. The molecule has 3 rings (SSSR count). The summed E-state index contributed by atoms with van der Waals surface area (Å²) in [5, 5.41) is 14.6. The van der Waals surface area contributed by atoms with Crippen molar-refractivity contribution in [2.75, 3.05) is 5.01 Å². The number of carboxylic acids is 1. The third-order valence-corrected chi connectivity index (χ3v) is 3.69. The number of anilines is 1. The summed E-state index contributed by atoms with van der Waals surface area (Å²) in [6.45, 7) is 1.81. The lowest BCUT2D eigenvalue weighted by molar-refractivity contribution is -0.136. The zero-order chi connectivity index (χ0) is 16.4. The molecule has 1 unspecified atom stereocenters. The van der Waals surface area contributed by atoms with E-state index in [2.05, 4.69) is 10.1 Å². The van der Waals surface area contributed by atoms with Crippen molar-refractivity contribution in [1.29, 1.82) is 0 Å². The van der Waals surface area contributed by atoms with Gasteiger partial charge in [0.1, 0.15) is 0 Å². The van der Waals surface area contributed by atoms with Gasteiger partial charge in [-0.2, -0.15) is 10.1 Å². The Labute approximate surface area is 133 Å². The number of hydrogen-bond donors (Lipinski definition) is 1. The van der Waals surface area contributed by atoms with E-state index in [-0.39, 0.29) is 18.2 Å². The van der Waals surface area contributed by atoms with Crippen LogP contribution in [0.25, 0.3) is 0 Å². The van der Waals surface area contributed by atoms with Crippen LogP contribution in [0.5, 0.6) is 0 Å². The van der Waals surface area contributed by atoms with Gasteiger partial charge in [-0.05, 0) is 36.8 Å². The van der Waals surface area contributed by atoms with Crippen molar-refractivity contribution in [1.82, 2.24) is 4.98 Å². The highest BCUT2D eigenvalue weighted by Gasteiger charge is 2.34. The van der Waals surface area contributed by atoms with Gasteiger partial charge in [0.25, 0.3) is 5.91 Å². The number of carboxylic acid groups (broad SMARTS) is 1. The van der Waals surface area contributed by atoms with Crippen LogP contribution in [0.15, 0.2) is 53.9 Å². The van der Waals surface area contributed by atoms with Crippen molar-refractivity contribution in [3.05, 3.63) is 59.9 Å². The Bertz CT molecular complexity index is 769. The molecule has 2 aromatic rings. The molecule has 1 aromatic carbocycles. The van der Waals surface area contributed by atoms with Gasteiger partial charge < -0.3 is 5.11 Å². The van der Waals surface area contributed by atoms with Gasteiger partial charge in [0.05, 0.1) is 23.7 Å². The predicted octanol–water partition coefficient (Wildman–Crippen LogP) is 2.10. The summed E-state index contributed by atoms with van der Waals surface area (Å²) in [4.78, 5) is 27.2. The minimum absolute atomic E-state index is 0.0468. The molecule has 1 atom stereocenters. The summed E-state index contributed by atoms with van der Waals surface area (Å²) in [5.74, 6) is -1.35. The molecule has 0 saturated heterocycles. The molecular weight excluding hydrogens is 294 g/mol. The highest BCUT2D eigenvalue weighted by atomic mass is 16.4. The van der Waals surface area contributed by atoms with Crippen LogP contribution in [0.3, 0.4) is 0 Å². The van der Waals surface area contributed by atoms with Crippen molar-refractivity contribution < 1.29 is 14.7 Å². The first-order chi connectivity index (χ1) is 11.1. The second kappa shape index (κ2) is 6.00. The Balaban J connectivity index is 1.89. The van der Waals surface area contributed by atoms with Crippen LogP contribution in [-0.2, 0) is 16.0 Å². The average Bonchev–Trinajstić information content (AvgIpc) is 2.85. The van der Waals surface area contributed by atoms with E-state index >= 15 is 0 Å². The largest absolute Gasteiger partial charge is 0.481 e. The summed E-state index contributed by atoms with van der Waals surface area (Å²) in [6.07, 6.45) is 3.31. The quantitative estimate of drug-likeness (QED) is 0.937. The number of carbonyl (C=O) groups excluding carboxylic acids is 1. The summed E-state index contributed by atoms with van der Waals surface area (Å²) < 4.78 is 0. The van der Waals surface area contributed by atoms with E-state index in [4.69, 9.17) is 5.11 Å². The Morgan fingerprint density at radius 2 is 2.00 bits per heavy atom. The maximum atomic E-state index is 12.4. The first-order valence-corrected chi connectivity index (χ1v) is 7.20. The molecule has 1 aliphatic rings. The van der Waals surface area contributed by atoms with Crippen LogP contribution in [0, 0.1) is 5.92 Å².